The van der Waals surface area contributed by atoms with Crippen LogP contribution in [-0.4, -0.2) is 6.54 Å². The summed E-state index contributed by atoms with van der Waals surface area (Å²) in [4.78, 5) is 0. The van der Waals surface area contributed by atoms with Gasteiger partial charge in [0.15, 0.2) is 0 Å². The minimum atomic E-state index is -0.203. The van der Waals surface area contributed by atoms with Crippen molar-refractivity contribution in [3.63, 3.8) is 0 Å². The molecule has 0 radical (unpaired) electrons. The summed E-state index contributed by atoms with van der Waals surface area (Å²) in [6, 6.07) is 14.0. The van der Waals surface area contributed by atoms with Gasteiger partial charge in [0.2, 0.25) is 0 Å². The first kappa shape index (κ1) is 16.2. The van der Waals surface area contributed by atoms with E-state index in [1.54, 1.807) is 6.07 Å². The molecular formula is C18H21BrFN. The summed E-state index contributed by atoms with van der Waals surface area (Å²) in [5.41, 5.74) is 3.48. The first-order valence-electron chi connectivity index (χ1n) is 7.34. The van der Waals surface area contributed by atoms with Crippen molar-refractivity contribution < 1.29 is 4.39 Å². The van der Waals surface area contributed by atoms with E-state index in [2.05, 4.69) is 59.4 Å². The lowest BCUT2D eigenvalue weighted by atomic mass is 9.98. The molecule has 3 heteroatoms. The van der Waals surface area contributed by atoms with Gasteiger partial charge in [-0.1, -0.05) is 48.9 Å². The number of aryl methyl sites for hydroxylation is 1. The second kappa shape index (κ2) is 7.71. The third kappa shape index (κ3) is 4.39. The standard InChI is InChI=1S/C18H21BrFN/c1-3-11-21-17(14-9-7-13(2)8-10-14)12-15-5-4-6-16(20)18(15)19/h4-10,17,21H,3,11-12H2,1-2H3. The van der Waals surface area contributed by atoms with E-state index in [9.17, 15) is 4.39 Å². The van der Waals surface area contributed by atoms with Crippen LogP contribution in [0.1, 0.15) is 36.1 Å². The van der Waals surface area contributed by atoms with Gasteiger partial charge in [-0.15, -0.1) is 0 Å². The summed E-state index contributed by atoms with van der Waals surface area (Å²) < 4.78 is 14.2. The monoisotopic (exact) mass is 349 g/mol. The molecule has 1 N–H and O–H groups in total. The van der Waals surface area contributed by atoms with E-state index in [0.717, 1.165) is 24.9 Å². The molecule has 0 aliphatic heterocycles. The lowest BCUT2D eigenvalue weighted by molar-refractivity contribution is 0.525. The Kier molecular flexibility index (Phi) is 5.95. The molecule has 0 spiro atoms. The number of hydrogen-bond donors (Lipinski definition) is 1. The highest BCUT2D eigenvalue weighted by molar-refractivity contribution is 9.10. The Labute approximate surface area is 134 Å². The van der Waals surface area contributed by atoms with Crippen molar-refractivity contribution in [3.05, 3.63) is 69.4 Å². The molecule has 1 atom stereocenters. The molecule has 1 nitrogen and oxygen atoms in total. The van der Waals surface area contributed by atoms with Crippen molar-refractivity contribution in [3.8, 4) is 0 Å². The van der Waals surface area contributed by atoms with E-state index in [1.807, 2.05) is 6.07 Å². The first-order valence-corrected chi connectivity index (χ1v) is 8.14. The van der Waals surface area contributed by atoms with Gasteiger partial charge in [-0.05, 0) is 59.4 Å². The zero-order valence-electron chi connectivity index (χ0n) is 12.5. The number of hydrogen-bond acceptors (Lipinski definition) is 1. The predicted molar refractivity (Wildman–Crippen MR) is 90.0 cm³/mol. The van der Waals surface area contributed by atoms with Crippen LogP contribution in [-0.2, 0) is 6.42 Å². The fourth-order valence-corrected chi connectivity index (χ4v) is 2.78. The maximum Gasteiger partial charge on any atom is 0.137 e. The number of rotatable bonds is 6. The highest BCUT2D eigenvalue weighted by Gasteiger charge is 2.14. The minimum absolute atomic E-state index is 0.198. The largest absolute Gasteiger partial charge is 0.310 e. The van der Waals surface area contributed by atoms with Crippen molar-refractivity contribution in [2.75, 3.05) is 6.54 Å². The molecule has 0 aromatic heterocycles. The molecule has 2 aromatic rings. The fraction of sp³-hybridized carbons (Fsp3) is 0.333. The number of nitrogens with one attached hydrogen (secondary N) is 1. The van der Waals surface area contributed by atoms with Crippen LogP contribution in [0.15, 0.2) is 46.9 Å². The van der Waals surface area contributed by atoms with E-state index in [4.69, 9.17) is 0 Å². The Morgan fingerprint density at radius 3 is 2.52 bits per heavy atom. The Morgan fingerprint density at radius 2 is 1.86 bits per heavy atom. The predicted octanol–water partition coefficient (Wildman–Crippen LogP) is 5.18. The van der Waals surface area contributed by atoms with E-state index < -0.39 is 0 Å². The van der Waals surface area contributed by atoms with Crippen LogP contribution >= 0.6 is 15.9 Å². The van der Waals surface area contributed by atoms with Gasteiger partial charge in [-0.2, -0.15) is 0 Å². The summed E-state index contributed by atoms with van der Waals surface area (Å²) in [5, 5.41) is 3.56. The highest BCUT2D eigenvalue weighted by Crippen LogP contribution is 2.26. The van der Waals surface area contributed by atoms with Crippen LogP contribution < -0.4 is 5.32 Å². The van der Waals surface area contributed by atoms with Crippen LogP contribution in [0.5, 0.6) is 0 Å². The van der Waals surface area contributed by atoms with E-state index in [-0.39, 0.29) is 11.9 Å². The molecular weight excluding hydrogens is 329 g/mol. The van der Waals surface area contributed by atoms with Crippen LogP contribution in [0, 0.1) is 12.7 Å². The molecule has 21 heavy (non-hydrogen) atoms. The van der Waals surface area contributed by atoms with E-state index >= 15 is 0 Å². The topological polar surface area (TPSA) is 12.0 Å². The molecule has 0 aliphatic carbocycles. The third-order valence-corrected chi connectivity index (χ3v) is 4.46. The quantitative estimate of drug-likeness (QED) is 0.757. The lowest BCUT2D eigenvalue weighted by Gasteiger charge is -2.20. The Morgan fingerprint density at radius 1 is 1.14 bits per heavy atom. The number of halogens is 2. The van der Waals surface area contributed by atoms with Crippen molar-refractivity contribution in [1.82, 2.24) is 5.32 Å². The summed E-state index contributed by atoms with van der Waals surface area (Å²) >= 11 is 3.36. The molecule has 112 valence electrons. The second-order valence-electron chi connectivity index (χ2n) is 5.33. The van der Waals surface area contributed by atoms with Gasteiger partial charge in [0.1, 0.15) is 5.82 Å². The van der Waals surface area contributed by atoms with Crippen LogP contribution in [0.4, 0.5) is 4.39 Å². The van der Waals surface area contributed by atoms with Gasteiger partial charge >= 0.3 is 0 Å². The molecule has 0 saturated carbocycles. The van der Waals surface area contributed by atoms with Crippen molar-refractivity contribution >= 4 is 15.9 Å². The highest BCUT2D eigenvalue weighted by atomic mass is 79.9. The molecule has 0 amide bonds. The molecule has 0 aliphatic rings. The van der Waals surface area contributed by atoms with Crippen molar-refractivity contribution in [1.29, 1.82) is 0 Å². The van der Waals surface area contributed by atoms with Gasteiger partial charge in [0.25, 0.3) is 0 Å². The maximum atomic E-state index is 13.7. The second-order valence-corrected chi connectivity index (χ2v) is 6.13. The molecule has 0 fully saturated rings. The zero-order chi connectivity index (χ0) is 15.2. The average Bonchev–Trinajstić information content (AvgIpc) is 2.49. The number of benzene rings is 2. The van der Waals surface area contributed by atoms with Gasteiger partial charge in [-0.25, -0.2) is 4.39 Å². The maximum absolute atomic E-state index is 13.7. The van der Waals surface area contributed by atoms with Gasteiger partial charge in [-0.3, -0.25) is 0 Å². The molecule has 0 heterocycles. The smallest absolute Gasteiger partial charge is 0.137 e. The van der Waals surface area contributed by atoms with Gasteiger partial charge in [0.05, 0.1) is 4.47 Å². The van der Waals surface area contributed by atoms with Crippen LogP contribution in [0.25, 0.3) is 0 Å². The molecule has 2 rings (SSSR count). The van der Waals surface area contributed by atoms with Gasteiger partial charge in [0, 0.05) is 6.04 Å². The summed E-state index contributed by atoms with van der Waals surface area (Å²) in [6.07, 6.45) is 1.84. The summed E-state index contributed by atoms with van der Waals surface area (Å²) in [7, 11) is 0. The lowest BCUT2D eigenvalue weighted by Crippen LogP contribution is -2.24. The molecule has 2 aromatic carbocycles. The molecule has 1 unspecified atom stereocenters. The Hall–Kier alpha value is -1.19. The normalized spacial score (nSPS) is 12.4. The zero-order valence-corrected chi connectivity index (χ0v) is 14.1. The van der Waals surface area contributed by atoms with E-state index in [0.29, 0.717) is 4.47 Å². The molecule has 0 saturated heterocycles. The summed E-state index contributed by atoms with van der Waals surface area (Å²) in [5.74, 6) is -0.203. The average molecular weight is 350 g/mol. The van der Waals surface area contributed by atoms with Gasteiger partial charge < -0.3 is 5.32 Å². The van der Waals surface area contributed by atoms with Crippen LogP contribution in [0.3, 0.4) is 0 Å². The SMILES string of the molecule is CCCNC(Cc1cccc(F)c1Br)c1ccc(C)cc1. The Bertz CT molecular complexity index is 580. The fourth-order valence-electron chi connectivity index (χ4n) is 2.35. The Balaban J connectivity index is 2.23. The van der Waals surface area contributed by atoms with Crippen LogP contribution in [0.2, 0.25) is 0 Å². The first-order chi connectivity index (χ1) is 10.1. The minimum Gasteiger partial charge on any atom is -0.310 e. The third-order valence-electron chi connectivity index (χ3n) is 3.58. The van der Waals surface area contributed by atoms with E-state index in [1.165, 1.54) is 17.2 Å². The van der Waals surface area contributed by atoms with Crippen molar-refractivity contribution in [2.45, 2.75) is 32.7 Å². The van der Waals surface area contributed by atoms with Crippen molar-refractivity contribution in [2.24, 2.45) is 0 Å². The summed E-state index contributed by atoms with van der Waals surface area (Å²) in [6.45, 7) is 5.18. The molecule has 0 bridgehead atoms.